The van der Waals surface area contributed by atoms with Crippen LogP contribution in [0.2, 0.25) is 0 Å². The third kappa shape index (κ3) is 5.35. The van der Waals surface area contributed by atoms with Gasteiger partial charge in [0.15, 0.2) is 6.10 Å². The number of fused-ring (bicyclic) bond motifs is 1. The highest BCUT2D eigenvalue weighted by Crippen LogP contribution is 2.35. The second-order valence-electron chi connectivity index (χ2n) is 6.45. The van der Waals surface area contributed by atoms with Gasteiger partial charge in [0.25, 0.3) is 0 Å². The number of nitrogens with zero attached hydrogens (tertiary/aromatic N) is 1. The lowest BCUT2D eigenvalue weighted by Gasteiger charge is -2.14. The quantitative estimate of drug-likeness (QED) is 0.393. The van der Waals surface area contributed by atoms with E-state index in [1.165, 1.54) is 21.0 Å². The van der Waals surface area contributed by atoms with Crippen molar-refractivity contribution in [1.82, 2.24) is 4.98 Å². The van der Waals surface area contributed by atoms with Crippen LogP contribution in [0.25, 0.3) is 10.1 Å². The molecule has 0 unspecified atom stereocenters. The van der Waals surface area contributed by atoms with Gasteiger partial charge >= 0.3 is 5.97 Å². The Morgan fingerprint density at radius 3 is 2.86 bits per heavy atom. The topological polar surface area (TPSA) is 59.4 Å². The zero-order chi connectivity index (χ0) is 19.9. The second-order valence-corrected chi connectivity index (χ2v) is 9.45. The zero-order valence-electron chi connectivity index (χ0n) is 16.1. The molecule has 0 amide bonds. The molecule has 150 valence electrons. The van der Waals surface area contributed by atoms with Crippen LogP contribution >= 0.6 is 34.4 Å². The number of hydrogen-bond acceptors (Lipinski definition) is 6. The summed E-state index contributed by atoms with van der Waals surface area (Å²) in [6.45, 7) is 4.40. The molecule has 3 rings (SSSR count). The average molecular weight is 436 g/mol. The van der Waals surface area contributed by atoms with E-state index in [4.69, 9.17) is 9.72 Å². The van der Waals surface area contributed by atoms with Crippen LogP contribution in [-0.4, -0.2) is 34.5 Å². The first kappa shape index (κ1) is 21.3. The molecule has 0 bridgehead atoms. The number of thioether (sulfide) groups is 1. The number of hydrogen-bond donors (Lipinski definition) is 1. The molecule has 0 saturated carbocycles. The van der Waals surface area contributed by atoms with Gasteiger partial charge in [-0.1, -0.05) is 13.0 Å². The fourth-order valence-corrected chi connectivity index (χ4v) is 6.02. The second kappa shape index (κ2) is 10.4. The Bertz CT molecular complexity index is 919. The first-order valence-corrected chi connectivity index (χ1v) is 12.3. The van der Waals surface area contributed by atoms with Gasteiger partial charge in [-0.15, -0.1) is 34.4 Å². The van der Waals surface area contributed by atoms with Crippen LogP contribution in [0.3, 0.4) is 0 Å². The maximum absolute atomic E-state index is 11.4. The van der Waals surface area contributed by atoms with Gasteiger partial charge in [0.1, 0.15) is 0 Å². The Morgan fingerprint density at radius 1 is 1.25 bits per heavy atom. The molecule has 1 aromatic carbocycles. The molecular formula is C21H25NO3S3. The van der Waals surface area contributed by atoms with Gasteiger partial charge in [0.05, 0.1) is 10.7 Å². The Morgan fingerprint density at radius 2 is 2.11 bits per heavy atom. The molecule has 0 aliphatic carbocycles. The summed E-state index contributed by atoms with van der Waals surface area (Å²) in [7, 11) is 0. The maximum Gasteiger partial charge on any atom is 0.333 e. The van der Waals surface area contributed by atoms with Crippen molar-refractivity contribution < 1.29 is 14.6 Å². The van der Waals surface area contributed by atoms with E-state index in [0.29, 0.717) is 13.0 Å². The molecule has 0 fully saturated rings. The van der Waals surface area contributed by atoms with E-state index >= 15 is 0 Å². The van der Waals surface area contributed by atoms with E-state index in [9.17, 15) is 9.90 Å². The summed E-state index contributed by atoms with van der Waals surface area (Å²) in [6.07, 6.45) is 2.76. The highest BCUT2D eigenvalue weighted by molar-refractivity contribution is 7.99. The Hall–Kier alpha value is -1.41. The number of carbonyl (C=O) groups is 1. The maximum atomic E-state index is 11.4. The molecule has 0 saturated heterocycles. The molecule has 0 spiro atoms. The Balaban J connectivity index is 1.67. The first-order valence-electron chi connectivity index (χ1n) is 9.51. The summed E-state index contributed by atoms with van der Waals surface area (Å²) in [4.78, 5) is 17.4. The van der Waals surface area contributed by atoms with Gasteiger partial charge in [-0.2, -0.15) is 0 Å². The number of benzene rings is 1. The molecule has 4 nitrogen and oxygen atoms in total. The molecule has 0 radical (unpaired) electrons. The summed E-state index contributed by atoms with van der Waals surface area (Å²) in [5.41, 5.74) is 2.22. The van der Waals surface area contributed by atoms with Crippen molar-refractivity contribution in [3.63, 3.8) is 0 Å². The molecular weight excluding hydrogens is 410 g/mol. The number of thiazole rings is 1. The van der Waals surface area contributed by atoms with E-state index < -0.39 is 12.1 Å². The van der Waals surface area contributed by atoms with Crippen LogP contribution in [0.5, 0.6) is 0 Å². The standard InChI is InChI=1S/C21H25NO3S3/c1-3-5-19-22-15(13-28-19)8-10-26-18-7-6-14(20-16(18)9-11-27-20)12-17(21(23)24)25-4-2/h6-7,9,11,13,17H,3-5,8,10,12H2,1-2H3,(H,23,24)/t17-/m0/s1. The summed E-state index contributed by atoms with van der Waals surface area (Å²) in [5, 5.41) is 16.1. The zero-order valence-corrected chi connectivity index (χ0v) is 18.6. The highest BCUT2D eigenvalue weighted by atomic mass is 32.2. The van der Waals surface area contributed by atoms with Crippen molar-refractivity contribution in [3.05, 3.63) is 45.2 Å². The molecule has 2 heterocycles. The Kier molecular flexibility index (Phi) is 7.91. The van der Waals surface area contributed by atoms with E-state index in [1.807, 2.05) is 18.7 Å². The fourth-order valence-electron chi connectivity index (χ4n) is 3.06. The van der Waals surface area contributed by atoms with Gasteiger partial charge in [-0.05, 0) is 49.3 Å². The van der Waals surface area contributed by atoms with Crippen molar-refractivity contribution >= 4 is 50.5 Å². The average Bonchev–Trinajstić information content (AvgIpc) is 3.33. The highest BCUT2D eigenvalue weighted by Gasteiger charge is 2.20. The number of carboxylic acid groups (broad SMARTS) is 1. The minimum Gasteiger partial charge on any atom is -0.479 e. The number of aromatic nitrogens is 1. The SMILES string of the molecule is CCCc1nc(CCSc2ccc(C[C@H](OCC)C(=O)O)c3sccc23)cs1. The summed E-state index contributed by atoms with van der Waals surface area (Å²) >= 11 is 5.27. The third-order valence-corrected chi connectivity index (χ3v) is 7.41. The van der Waals surface area contributed by atoms with Crippen LogP contribution in [0.4, 0.5) is 0 Å². The molecule has 7 heteroatoms. The monoisotopic (exact) mass is 435 g/mol. The van der Waals surface area contributed by atoms with E-state index in [-0.39, 0.29) is 0 Å². The Labute approximate surface area is 178 Å². The first-order chi connectivity index (χ1) is 13.6. The minimum absolute atomic E-state index is 0.393. The fraction of sp³-hybridized carbons (Fsp3) is 0.429. The lowest BCUT2D eigenvalue weighted by Crippen LogP contribution is -2.26. The largest absolute Gasteiger partial charge is 0.479 e. The number of ether oxygens (including phenoxy) is 1. The number of aryl methyl sites for hydroxylation is 2. The van der Waals surface area contributed by atoms with Crippen LogP contribution in [0.15, 0.2) is 33.9 Å². The normalized spacial score (nSPS) is 12.5. The van der Waals surface area contributed by atoms with Gasteiger partial charge in [-0.25, -0.2) is 9.78 Å². The summed E-state index contributed by atoms with van der Waals surface area (Å²) in [6, 6.07) is 6.30. The van der Waals surface area contributed by atoms with Crippen LogP contribution in [0, 0.1) is 0 Å². The predicted octanol–water partition coefficient (Wildman–Crippen LogP) is 5.68. The van der Waals surface area contributed by atoms with E-state index in [1.54, 1.807) is 22.7 Å². The molecule has 3 aromatic rings. The molecule has 1 N–H and O–H groups in total. The van der Waals surface area contributed by atoms with Crippen molar-refractivity contribution in [1.29, 1.82) is 0 Å². The lowest BCUT2D eigenvalue weighted by molar-refractivity contribution is -0.149. The number of carboxylic acids is 1. The smallest absolute Gasteiger partial charge is 0.333 e. The molecule has 0 aliphatic rings. The third-order valence-electron chi connectivity index (χ3n) is 4.39. The lowest BCUT2D eigenvalue weighted by atomic mass is 10.1. The van der Waals surface area contributed by atoms with Crippen LogP contribution < -0.4 is 0 Å². The summed E-state index contributed by atoms with van der Waals surface area (Å²) in [5.74, 6) is 0.0757. The van der Waals surface area contributed by atoms with Crippen LogP contribution in [0.1, 0.15) is 36.5 Å². The molecule has 1 atom stereocenters. The van der Waals surface area contributed by atoms with Gasteiger partial charge in [0.2, 0.25) is 0 Å². The number of thiophene rings is 1. The van der Waals surface area contributed by atoms with Gasteiger partial charge in [-0.3, -0.25) is 0 Å². The summed E-state index contributed by atoms with van der Waals surface area (Å²) < 4.78 is 6.55. The van der Waals surface area contributed by atoms with Crippen molar-refractivity contribution in [2.75, 3.05) is 12.4 Å². The molecule has 0 aliphatic heterocycles. The van der Waals surface area contributed by atoms with E-state index in [0.717, 1.165) is 35.3 Å². The molecule has 2 aromatic heterocycles. The van der Waals surface area contributed by atoms with Crippen molar-refractivity contribution in [3.8, 4) is 0 Å². The van der Waals surface area contributed by atoms with Crippen molar-refractivity contribution in [2.24, 2.45) is 0 Å². The van der Waals surface area contributed by atoms with E-state index in [2.05, 4.69) is 35.9 Å². The number of rotatable bonds is 11. The van der Waals surface area contributed by atoms with Crippen molar-refractivity contribution in [2.45, 2.75) is 50.5 Å². The molecule has 28 heavy (non-hydrogen) atoms. The number of aliphatic carboxylic acids is 1. The van der Waals surface area contributed by atoms with Crippen LogP contribution in [-0.2, 0) is 28.8 Å². The minimum atomic E-state index is -0.907. The van der Waals surface area contributed by atoms with Gasteiger partial charge in [0, 0.05) is 39.1 Å². The predicted molar refractivity (Wildman–Crippen MR) is 119 cm³/mol. The van der Waals surface area contributed by atoms with Gasteiger partial charge < -0.3 is 9.84 Å².